The van der Waals surface area contributed by atoms with Gasteiger partial charge in [-0.1, -0.05) is 6.08 Å². The van der Waals surface area contributed by atoms with Gasteiger partial charge in [-0.25, -0.2) is 0 Å². The lowest BCUT2D eigenvalue weighted by Gasteiger charge is -2.17. The van der Waals surface area contributed by atoms with Gasteiger partial charge in [-0.05, 0) is 24.1 Å². The van der Waals surface area contributed by atoms with Crippen LogP contribution in [0.3, 0.4) is 0 Å². The van der Waals surface area contributed by atoms with Crippen molar-refractivity contribution in [3.63, 3.8) is 0 Å². The number of carboxylic acids is 1. The monoisotopic (exact) mass is 211 g/mol. The van der Waals surface area contributed by atoms with Crippen LogP contribution in [0.1, 0.15) is 12.8 Å². The molecule has 0 aliphatic heterocycles. The Morgan fingerprint density at radius 2 is 2.20 bits per heavy atom. The molecule has 0 spiro atoms. The van der Waals surface area contributed by atoms with Crippen LogP contribution < -0.4 is 5.73 Å². The Balaban J connectivity index is 2.08. The van der Waals surface area contributed by atoms with Crippen molar-refractivity contribution in [3.05, 3.63) is 23.8 Å². The third-order valence-electron chi connectivity index (χ3n) is 2.93. The van der Waals surface area contributed by atoms with Crippen molar-refractivity contribution >= 4 is 5.97 Å². The molecular weight excluding hydrogens is 198 g/mol. The molecule has 5 heteroatoms. The Labute approximate surface area is 86.5 Å². The van der Waals surface area contributed by atoms with Gasteiger partial charge in [0.15, 0.2) is 0 Å². The maximum absolute atomic E-state index is 10.5. The lowest BCUT2D eigenvalue weighted by atomic mass is 9.97. The van der Waals surface area contributed by atoms with Gasteiger partial charge >= 0.3 is 5.97 Å². The maximum Gasteiger partial charge on any atom is 0.320 e. The molecule has 0 heterocycles. The van der Waals surface area contributed by atoms with Gasteiger partial charge in [0, 0.05) is 6.42 Å². The molecule has 15 heavy (non-hydrogen) atoms. The van der Waals surface area contributed by atoms with Gasteiger partial charge in [0.2, 0.25) is 0 Å². The van der Waals surface area contributed by atoms with Crippen LogP contribution >= 0.6 is 0 Å². The molecule has 5 nitrogen and oxygen atoms in total. The lowest BCUT2D eigenvalue weighted by Crippen LogP contribution is -2.31. The van der Waals surface area contributed by atoms with Crippen LogP contribution in [-0.2, 0) is 4.79 Å². The summed E-state index contributed by atoms with van der Waals surface area (Å²) < 4.78 is 0. The van der Waals surface area contributed by atoms with E-state index in [9.17, 15) is 15.0 Å². The Hall–Kier alpha value is -1.17. The highest BCUT2D eigenvalue weighted by Gasteiger charge is 2.64. The first kappa shape index (κ1) is 10.4. The van der Waals surface area contributed by atoms with Gasteiger partial charge in [0.25, 0.3) is 0 Å². The number of hydrogen-bond acceptors (Lipinski definition) is 4. The van der Waals surface area contributed by atoms with E-state index in [1.54, 1.807) is 6.08 Å². The molecule has 2 rings (SSSR count). The molecule has 1 saturated carbocycles. The summed E-state index contributed by atoms with van der Waals surface area (Å²) in [7, 11) is 0. The molecule has 3 atom stereocenters. The van der Waals surface area contributed by atoms with Gasteiger partial charge in [0.05, 0.1) is 0 Å². The SMILES string of the molecule is NC(CC1=CC2(O)CC2(O)C=C1)C(=O)O. The number of hydrogen-bond donors (Lipinski definition) is 4. The highest BCUT2D eigenvalue weighted by Crippen LogP contribution is 2.52. The second-order valence-electron chi connectivity index (χ2n) is 4.23. The lowest BCUT2D eigenvalue weighted by molar-refractivity contribution is -0.138. The quantitative estimate of drug-likeness (QED) is 0.487. The minimum absolute atomic E-state index is 0.157. The highest BCUT2D eigenvalue weighted by atomic mass is 16.4. The van der Waals surface area contributed by atoms with E-state index in [0.717, 1.165) is 0 Å². The molecule has 5 N–H and O–H groups in total. The van der Waals surface area contributed by atoms with Crippen molar-refractivity contribution in [2.45, 2.75) is 30.1 Å². The third-order valence-corrected chi connectivity index (χ3v) is 2.93. The Kier molecular flexibility index (Phi) is 2.01. The summed E-state index contributed by atoms with van der Waals surface area (Å²) >= 11 is 0. The summed E-state index contributed by atoms with van der Waals surface area (Å²) in [5.74, 6) is -1.08. The predicted molar refractivity (Wildman–Crippen MR) is 52.0 cm³/mol. The first-order chi connectivity index (χ1) is 6.86. The number of carboxylic acid groups (broad SMARTS) is 1. The fourth-order valence-corrected chi connectivity index (χ4v) is 1.81. The van der Waals surface area contributed by atoms with Gasteiger partial charge in [-0.15, -0.1) is 0 Å². The van der Waals surface area contributed by atoms with Crippen LogP contribution in [0.2, 0.25) is 0 Å². The van der Waals surface area contributed by atoms with Crippen LogP contribution in [0.25, 0.3) is 0 Å². The number of nitrogens with two attached hydrogens (primary N) is 1. The number of rotatable bonds is 3. The molecule has 2 aliphatic rings. The molecular formula is C10H13NO4. The molecule has 0 bridgehead atoms. The van der Waals surface area contributed by atoms with Crippen molar-refractivity contribution in [1.82, 2.24) is 0 Å². The molecule has 0 aromatic rings. The largest absolute Gasteiger partial charge is 0.480 e. The Morgan fingerprint density at radius 1 is 1.53 bits per heavy atom. The molecule has 3 unspecified atom stereocenters. The zero-order valence-corrected chi connectivity index (χ0v) is 8.05. The van der Waals surface area contributed by atoms with E-state index >= 15 is 0 Å². The van der Waals surface area contributed by atoms with Gasteiger partial charge in [-0.3, -0.25) is 4.79 Å². The third kappa shape index (κ3) is 1.58. The normalized spacial score (nSPS) is 39.3. The maximum atomic E-state index is 10.5. The summed E-state index contributed by atoms with van der Waals surface area (Å²) in [5.41, 5.74) is 3.65. The van der Waals surface area contributed by atoms with Crippen molar-refractivity contribution in [2.75, 3.05) is 0 Å². The van der Waals surface area contributed by atoms with Crippen LogP contribution in [0, 0.1) is 0 Å². The number of allylic oxidation sites excluding steroid dienone is 1. The smallest absolute Gasteiger partial charge is 0.320 e. The number of carbonyl (C=O) groups is 1. The van der Waals surface area contributed by atoms with Gasteiger partial charge < -0.3 is 21.1 Å². The minimum Gasteiger partial charge on any atom is -0.480 e. The van der Waals surface area contributed by atoms with E-state index in [4.69, 9.17) is 10.8 Å². The minimum atomic E-state index is -1.21. The zero-order valence-electron chi connectivity index (χ0n) is 8.05. The van der Waals surface area contributed by atoms with Crippen molar-refractivity contribution in [3.8, 4) is 0 Å². The number of fused-ring (bicyclic) bond motifs is 1. The molecule has 0 saturated heterocycles. The van der Waals surface area contributed by atoms with E-state index in [1.807, 2.05) is 0 Å². The van der Waals surface area contributed by atoms with Crippen LogP contribution in [-0.4, -0.2) is 38.5 Å². The second kappa shape index (κ2) is 2.91. The van der Waals surface area contributed by atoms with Crippen molar-refractivity contribution < 1.29 is 20.1 Å². The summed E-state index contributed by atoms with van der Waals surface area (Å²) in [6, 6.07) is -0.977. The van der Waals surface area contributed by atoms with Crippen LogP contribution in [0.5, 0.6) is 0 Å². The standard InChI is InChI=1S/C10H13NO4/c11-7(8(12)13)3-6-1-2-9(14)5-10(9,15)4-6/h1-2,4,7,14-15H,3,5,11H2,(H,12,13). The zero-order chi connectivity index (χ0) is 11.3. The van der Waals surface area contributed by atoms with Crippen molar-refractivity contribution in [2.24, 2.45) is 5.73 Å². The summed E-state index contributed by atoms with van der Waals surface area (Å²) in [6.45, 7) is 0. The fraction of sp³-hybridized carbons (Fsp3) is 0.500. The van der Waals surface area contributed by atoms with Gasteiger partial charge in [0.1, 0.15) is 17.2 Å². The van der Waals surface area contributed by atoms with E-state index in [2.05, 4.69) is 0 Å². The first-order valence-electron chi connectivity index (χ1n) is 4.70. The van der Waals surface area contributed by atoms with E-state index in [0.29, 0.717) is 5.57 Å². The first-order valence-corrected chi connectivity index (χ1v) is 4.70. The second-order valence-corrected chi connectivity index (χ2v) is 4.23. The fourth-order valence-electron chi connectivity index (χ4n) is 1.81. The summed E-state index contributed by atoms with van der Waals surface area (Å²) in [6.07, 6.45) is 5.03. The average Bonchev–Trinajstić information content (AvgIpc) is 2.67. The van der Waals surface area contributed by atoms with Gasteiger partial charge in [-0.2, -0.15) is 0 Å². The van der Waals surface area contributed by atoms with Crippen molar-refractivity contribution in [1.29, 1.82) is 0 Å². The Bertz CT molecular complexity index is 376. The molecule has 0 aromatic heterocycles. The van der Waals surface area contributed by atoms with E-state index in [1.165, 1.54) is 12.2 Å². The topological polar surface area (TPSA) is 104 Å². The number of aliphatic hydroxyl groups is 2. The highest BCUT2D eigenvalue weighted by molar-refractivity contribution is 5.73. The van der Waals surface area contributed by atoms with E-state index in [-0.39, 0.29) is 12.8 Å². The summed E-state index contributed by atoms with van der Waals surface area (Å²) in [4.78, 5) is 10.5. The molecule has 0 radical (unpaired) electrons. The molecule has 1 fully saturated rings. The molecule has 0 amide bonds. The van der Waals surface area contributed by atoms with E-state index < -0.39 is 23.2 Å². The Morgan fingerprint density at radius 3 is 2.73 bits per heavy atom. The van der Waals surface area contributed by atoms with Crippen LogP contribution in [0.4, 0.5) is 0 Å². The molecule has 82 valence electrons. The molecule has 0 aromatic carbocycles. The average molecular weight is 211 g/mol. The number of aliphatic carboxylic acids is 1. The molecule has 2 aliphatic carbocycles. The predicted octanol–water partition coefficient (Wildman–Crippen LogP) is -0.850. The van der Waals surface area contributed by atoms with Crippen LogP contribution in [0.15, 0.2) is 23.8 Å². The summed E-state index contributed by atoms with van der Waals surface area (Å²) in [5, 5.41) is 28.0.